The number of aryl methyl sites for hydroxylation is 1. The lowest BCUT2D eigenvalue weighted by molar-refractivity contribution is 0.171. The standard InChI is InChI=1S/C17H28N2O/c1-13(2)17-7-6-16(11-14(17)3)20-10-9-19-8-4-5-15(18)12-19/h6-7,11,13,15H,4-5,8-10,12,18H2,1-3H3/t15-/m1/s1. The van der Waals surface area contributed by atoms with Gasteiger partial charge in [-0.15, -0.1) is 0 Å². The van der Waals surface area contributed by atoms with Crippen LogP contribution in [0.5, 0.6) is 5.75 Å². The summed E-state index contributed by atoms with van der Waals surface area (Å²) in [6.45, 7) is 10.5. The quantitative estimate of drug-likeness (QED) is 0.898. The summed E-state index contributed by atoms with van der Waals surface area (Å²) >= 11 is 0. The zero-order valence-electron chi connectivity index (χ0n) is 13.1. The van der Waals surface area contributed by atoms with Crippen molar-refractivity contribution in [1.82, 2.24) is 4.90 Å². The Labute approximate surface area is 123 Å². The molecule has 1 fully saturated rings. The molecule has 0 radical (unpaired) electrons. The smallest absolute Gasteiger partial charge is 0.119 e. The molecule has 0 unspecified atom stereocenters. The minimum Gasteiger partial charge on any atom is -0.492 e. The number of hydrogen-bond acceptors (Lipinski definition) is 3. The molecule has 3 heteroatoms. The molecule has 0 spiro atoms. The number of rotatable bonds is 5. The van der Waals surface area contributed by atoms with Crippen molar-refractivity contribution in [2.45, 2.75) is 45.6 Å². The molecule has 3 nitrogen and oxygen atoms in total. The predicted molar refractivity (Wildman–Crippen MR) is 84.4 cm³/mol. The maximum Gasteiger partial charge on any atom is 0.119 e. The zero-order valence-corrected chi connectivity index (χ0v) is 13.1. The highest BCUT2D eigenvalue weighted by Crippen LogP contribution is 2.23. The molecule has 0 aromatic heterocycles. The fourth-order valence-corrected chi connectivity index (χ4v) is 2.97. The second-order valence-electron chi connectivity index (χ2n) is 6.22. The van der Waals surface area contributed by atoms with E-state index in [-0.39, 0.29) is 0 Å². The van der Waals surface area contributed by atoms with Gasteiger partial charge in [0.25, 0.3) is 0 Å². The van der Waals surface area contributed by atoms with Crippen LogP contribution < -0.4 is 10.5 Å². The predicted octanol–water partition coefficient (Wildman–Crippen LogP) is 2.92. The molecule has 0 bridgehead atoms. The molecule has 0 aliphatic carbocycles. The fraction of sp³-hybridized carbons (Fsp3) is 0.647. The number of benzene rings is 1. The lowest BCUT2D eigenvalue weighted by Gasteiger charge is -2.30. The maximum atomic E-state index is 5.99. The van der Waals surface area contributed by atoms with Crippen molar-refractivity contribution in [3.63, 3.8) is 0 Å². The Morgan fingerprint density at radius 3 is 2.85 bits per heavy atom. The van der Waals surface area contributed by atoms with Gasteiger partial charge in [-0.3, -0.25) is 4.90 Å². The molecule has 1 aliphatic heterocycles. The first-order chi connectivity index (χ1) is 9.56. The van der Waals surface area contributed by atoms with Crippen LogP contribution in [0.25, 0.3) is 0 Å². The minimum absolute atomic E-state index is 0.344. The van der Waals surface area contributed by atoms with Gasteiger partial charge in [-0.25, -0.2) is 0 Å². The highest BCUT2D eigenvalue weighted by atomic mass is 16.5. The van der Waals surface area contributed by atoms with Crippen LogP contribution in [0, 0.1) is 6.92 Å². The van der Waals surface area contributed by atoms with Crippen LogP contribution >= 0.6 is 0 Å². The summed E-state index contributed by atoms with van der Waals surface area (Å²) in [6.07, 6.45) is 2.37. The van der Waals surface area contributed by atoms with Gasteiger partial charge in [-0.1, -0.05) is 19.9 Å². The lowest BCUT2D eigenvalue weighted by Crippen LogP contribution is -2.44. The molecule has 20 heavy (non-hydrogen) atoms. The van der Waals surface area contributed by atoms with E-state index in [1.54, 1.807) is 0 Å². The molecule has 1 aliphatic rings. The van der Waals surface area contributed by atoms with Crippen molar-refractivity contribution in [3.05, 3.63) is 29.3 Å². The number of piperidine rings is 1. The molecule has 2 N–H and O–H groups in total. The lowest BCUT2D eigenvalue weighted by atomic mass is 9.98. The van der Waals surface area contributed by atoms with E-state index in [4.69, 9.17) is 10.5 Å². The van der Waals surface area contributed by atoms with Crippen molar-refractivity contribution < 1.29 is 4.74 Å². The van der Waals surface area contributed by atoms with Crippen LogP contribution in [0.3, 0.4) is 0 Å². The number of ether oxygens (including phenoxy) is 1. The van der Waals surface area contributed by atoms with Crippen molar-refractivity contribution >= 4 is 0 Å². The van der Waals surface area contributed by atoms with E-state index in [0.29, 0.717) is 12.0 Å². The first-order valence-corrected chi connectivity index (χ1v) is 7.77. The third kappa shape index (κ3) is 4.22. The van der Waals surface area contributed by atoms with Crippen LogP contribution in [0.15, 0.2) is 18.2 Å². The molecule has 1 saturated heterocycles. The molecule has 2 rings (SSSR count). The van der Waals surface area contributed by atoms with Gasteiger partial charge < -0.3 is 10.5 Å². The molecule has 1 heterocycles. The number of nitrogens with two attached hydrogens (primary N) is 1. The van der Waals surface area contributed by atoms with Crippen LogP contribution in [-0.4, -0.2) is 37.2 Å². The van der Waals surface area contributed by atoms with Crippen molar-refractivity contribution in [2.75, 3.05) is 26.2 Å². The Kier molecular flexibility index (Phi) is 5.44. The van der Waals surface area contributed by atoms with E-state index >= 15 is 0 Å². The molecular formula is C17H28N2O. The van der Waals surface area contributed by atoms with Gasteiger partial charge in [0.2, 0.25) is 0 Å². The highest BCUT2D eigenvalue weighted by Gasteiger charge is 2.16. The van der Waals surface area contributed by atoms with Gasteiger partial charge >= 0.3 is 0 Å². The Bertz CT molecular complexity index is 431. The summed E-state index contributed by atoms with van der Waals surface area (Å²) in [5.41, 5.74) is 8.71. The van der Waals surface area contributed by atoms with Crippen LogP contribution in [0.2, 0.25) is 0 Å². The average Bonchev–Trinajstić information content (AvgIpc) is 2.38. The minimum atomic E-state index is 0.344. The summed E-state index contributed by atoms with van der Waals surface area (Å²) < 4.78 is 5.88. The number of nitrogens with zero attached hydrogens (tertiary/aromatic N) is 1. The van der Waals surface area contributed by atoms with Gasteiger partial charge in [0.05, 0.1) is 0 Å². The van der Waals surface area contributed by atoms with Crippen LogP contribution in [-0.2, 0) is 0 Å². The third-order valence-electron chi connectivity index (χ3n) is 4.08. The van der Waals surface area contributed by atoms with E-state index in [1.807, 2.05) is 0 Å². The van der Waals surface area contributed by atoms with E-state index in [1.165, 1.54) is 17.5 Å². The van der Waals surface area contributed by atoms with Crippen LogP contribution in [0.1, 0.15) is 43.7 Å². The molecule has 0 saturated carbocycles. The Morgan fingerprint density at radius 1 is 1.40 bits per heavy atom. The van der Waals surface area contributed by atoms with E-state index in [0.717, 1.165) is 38.4 Å². The van der Waals surface area contributed by atoms with Gasteiger partial charge in [0, 0.05) is 19.1 Å². The second kappa shape index (κ2) is 7.09. The largest absolute Gasteiger partial charge is 0.492 e. The summed E-state index contributed by atoms with van der Waals surface area (Å²) in [7, 11) is 0. The van der Waals surface area contributed by atoms with Crippen molar-refractivity contribution in [3.8, 4) is 5.75 Å². The molecule has 0 amide bonds. The second-order valence-corrected chi connectivity index (χ2v) is 6.22. The van der Waals surface area contributed by atoms with Crippen LogP contribution in [0.4, 0.5) is 0 Å². The van der Waals surface area contributed by atoms with Gasteiger partial charge in [-0.05, 0) is 55.5 Å². The first kappa shape index (κ1) is 15.3. The Morgan fingerprint density at radius 2 is 2.20 bits per heavy atom. The SMILES string of the molecule is Cc1cc(OCCN2CCC[C@@H](N)C2)ccc1C(C)C. The van der Waals surface area contributed by atoms with Gasteiger partial charge in [-0.2, -0.15) is 0 Å². The first-order valence-electron chi connectivity index (χ1n) is 7.77. The topological polar surface area (TPSA) is 38.5 Å². The summed E-state index contributed by atoms with van der Waals surface area (Å²) in [5, 5.41) is 0. The summed E-state index contributed by atoms with van der Waals surface area (Å²) in [6, 6.07) is 6.77. The molecular weight excluding hydrogens is 248 g/mol. The molecule has 1 aromatic rings. The summed E-state index contributed by atoms with van der Waals surface area (Å²) in [4.78, 5) is 2.41. The average molecular weight is 276 g/mol. The third-order valence-corrected chi connectivity index (χ3v) is 4.08. The number of likely N-dealkylation sites (tertiary alicyclic amines) is 1. The van der Waals surface area contributed by atoms with Crippen molar-refractivity contribution in [1.29, 1.82) is 0 Å². The number of hydrogen-bond donors (Lipinski definition) is 1. The van der Waals surface area contributed by atoms with Gasteiger partial charge in [0.1, 0.15) is 12.4 Å². The fourth-order valence-electron chi connectivity index (χ4n) is 2.97. The summed E-state index contributed by atoms with van der Waals surface area (Å²) in [5.74, 6) is 1.55. The molecule has 112 valence electrons. The monoisotopic (exact) mass is 276 g/mol. The van der Waals surface area contributed by atoms with E-state index in [9.17, 15) is 0 Å². The molecule has 1 atom stereocenters. The van der Waals surface area contributed by atoms with E-state index in [2.05, 4.69) is 43.9 Å². The van der Waals surface area contributed by atoms with Crippen molar-refractivity contribution in [2.24, 2.45) is 5.73 Å². The van der Waals surface area contributed by atoms with E-state index < -0.39 is 0 Å². The Balaban J connectivity index is 1.80. The molecule has 1 aromatic carbocycles. The normalized spacial score (nSPS) is 20.4. The Hall–Kier alpha value is -1.06. The van der Waals surface area contributed by atoms with Gasteiger partial charge in [0.15, 0.2) is 0 Å². The zero-order chi connectivity index (χ0) is 14.5. The maximum absolute atomic E-state index is 5.99. The highest BCUT2D eigenvalue weighted by molar-refractivity contribution is 5.36.